The lowest BCUT2D eigenvalue weighted by molar-refractivity contribution is -0.132. The normalized spacial score (nSPS) is 10.4. The van der Waals surface area contributed by atoms with Gasteiger partial charge in [-0.3, -0.25) is 4.79 Å². The number of alkyl carbamates (subject to hydrolysis) is 1. The Morgan fingerprint density at radius 3 is 2.23 bits per heavy atom. The Balaban J connectivity index is 1.42. The first-order valence-electron chi connectivity index (χ1n) is 9.99. The summed E-state index contributed by atoms with van der Waals surface area (Å²) in [4.78, 5) is 26.3. The summed E-state index contributed by atoms with van der Waals surface area (Å²) < 4.78 is 10.6. The van der Waals surface area contributed by atoms with Gasteiger partial charge in [0, 0.05) is 19.5 Å². The quantitative estimate of drug-likeness (QED) is 0.503. The van der Waals surface area contributed by atoms with Crippen molar-refractivity contribution in [3.05, 3.63) is 95.9 Å². The van der Waals surface area contributed by atoms with Gasteiger partial charge in [0.25, 0.3) is 0 Å². The van der Waals surface area contributed by atoms with E-state index in [-0.39, 0.29) is 12.5 Å². The van der Waals surface area contributed by atoms with Crippen molar-refractivity contribution >= 4 is 12.0 Å². The molecule has 1 aromatic heterocycles. The van der Waals surface area contributed by atoms with E-state index >= 15 is 0 Å². The molecule has 0 saturated carbocycles. The molecule has 0 spiro atoms. The van der Waals surface area contributed by atoms with E-state index in [2.05, 4.69) is 5.32 Å². The zero-order chi connectivity index (χ0) is 21.0. The summed E-state index contributed by atoms with van der Waals surface area (Å²) in [5.74, 6) is 0.747. The molecule has 0 bridgehead atoms. The number of amides is 2. The van der Waals surface area contributed by atoms with E-state index in [1.165, 1.54) is 0 Å². The van der Waals surface area contributed by atoms with Gasteiger partial charge in [-0.25, -0.2) is 4.79 Å². The lowest BCUT2D eigenvalue weighted by Gasteiger charge is -2.22. The Labute approximate surface area is 176 Å². The van der Waals surface area contributed by atoms with Crippen molar-refractivity contribution in [2.45, 2.75) is 32.5 Å². The smallest absolute Gasteiger partial charge is 0.407 e. The summed E-state index contributed by atoms with van der Waals surface area (Å²) in [5, 5.41) is 2.69. The van der Waals surface area contributed by atoms with Crippen molar-refractivity contribution in [2.75, 3.05) is 6.54 Å². The number of benzene rings is 2. The molecule has 2 amide bonds. The standard InChI is InChI=1S/C24H26N2O4/c27-23(14-7-15-25-24(28)30-19-21-11-5-2-6-12-21)26(18-22-13-8-16-29-22)17-20-9-3-1-4-10-20/h1-6,8-13,16H,7,14-15,17-19H2,(H,25,28). The van der Waals surface area contributed by atoms with Crippen LogP contribution in [0.2, 0.25) is 0 Å². The zero-order valence-corrected chi connectivity index (χ0v) is 16.8. The van der Waals surface area contributed by atoms with E-state index in [1.807, 2.05) is 72.8 Å². The first-order valence-corrected chi connectivity index (χ1v) is 9.99. The highest BCUT2D eigenvalue weighted by Crippen LogP contribution is 2.12. The number of carbonyl (C=O) groups excluding carboxylic acids is 2. The molecule has 0 aliphatic carbocycles. The van der Waals surface area contributed by atoms with Crippen molar-refractivity contribution < 1.29 is 18.7 Å². The minimum Gasteiger partial charge on any atom is -0.467 e. The first kappa shape index (κ1) is 21.2. The molecule has 0 radical (unpaired) electrons. The molecule has 6 nitrogen and oxygen atoms in total. The molecule has 2 aromatic carbocycles. The number of furan rings is 1. The Morgan fingerprint density at radius 1 is 0.867 bits per heavy atom. The van der Waals surface area contributed by atoms with Gasteiger partial charge in [0.1, 0.15) is 12.4 Å². The Morgan fingerprint density at radius 2 is 1.57 bits per heavy atom. The van der Waals surface area contributed by atoms with Crippen LogP contribution in [0.3, 0.4) is 0 Å². The molecule has 0 atom stereocenters. The van der Waals surface area contributed by atoms with Gasteiger partial charge < -0.3 is 19.4 Å². The Hall–Kier alpha value is -3.54. The number of hydrogen-bond donors (Lipinski definition) is 1. The molecular formula is C24H26N2O4. The molecular weight excluding hydrogens is 380 g/mol. The molecule has 3 aromatic rings. The van der Waals surface area contributed by atoms with Gasteiger partial charge in [-0.1, -0.05) is 60.7 Å². The molecule has 0 aliphatic heterocycles. The molecule has 0 aliphatic rings. The van der Waals surface area contributed by atoms with Crippen LogP contribution in [0, 0.1) is 0 Å². The third-order valence-corrected chi connectivity index (χ3v) is 4.55. The maximum Gasteiger partial charge on any atom is 0.407 e. The van der Waals surface area contributed by atoms with Crippen molar-refractivity contribution in [2.24, 2.45) is 0 Å². The topological polar surface area (TPSA) is 71.8 Å². The highest BCUT2D eigenvalue weighted by molar-refractivity contribution is 5.76. The van der Waals surface area contributed by atoms with Crippen molar-refractivity contribution in [3.8, 4) is 0 Å². The van der Waals surface area contributed by atoms with Gasteiger partial charge in [0.15, 0.2) is 0 Å². The van der Waals surface area contributed by atoms with Gasteiger partial charge in [0.05, 0.1) is 12.8 Å². The van der Waals surface area contributed by atoms with Crippen LogP contribution in [0.25, 0.3) is 0 Å². The summed E-state index contributed by atoms with van der Waals surface area (Å²) in [6.45, 7) is 1.51. The molecule has 0 saturated heterocycles. The fourth-order valence-electron chi connectivity index (χ4n) is 2.99. The number of nitrogens with zero attached hydrogens (tertiary/aromatic N) is 1. The van der Waals surface area contributed by atoms with E-state index in [9.17, 15) is 9.59 Å². The monoisotopic (exact) mass is 406 g/mol. The molecule has 3 rings (SSSR count). The number of nitrogens with one attached hydrogen (secondary N) is 1. The van der Waals surface area contributed by atoms with Gasteiger partial charge in [-0.05, 0) is 29.7 Å². The fraction of sp³-hybridized carbons (Fsp3) is 0.250. The van der Waals surface area contributed by atoms with E-state index in [0.29, 0.717) is 32.5 Å². The second-order valence-corrected chi connectivity index (χ2v) is 6.91. The largest absolute Gasteiger partial charge is 0.467 e. The Kier molecular flexibility index (Phi) is 8.09. The molecule has 30 heavy (non-hydrogen) atoms. The second kappa shape index (κ2) is 11.5. The van der Waals surface area contributed by atoms with Crippen molar-refractivity contribution in [1.29, 1.82) is 0 Å². The highest BCUT2D eigenvalue weighted by atomic mass is 16.5. The predicted molar refractivity (Wildman–Crippen MR) is 113 cm³/mol. The third kappa shape index (κ3) is 7.13. The summed E-state index contributed by atoms with van der Waals surface area (Å²) >= 11 is 0. The third-order valence-electron chi connectivity index (χ3n) is 4.55. The van der Waals surface area contributed by atoms with Crippen LogP contribution >= 0.6 is 0 Å². The maximum absolute atomic E-state index is 12.8. The molecule has 6 heteroatoms. The summed E-state index contributed by atoms with van der Waals surface area (Å²) in [6, 6.07) is 23.0. The zero-order valence-electron chi connectivity index (χ0n) is 16.8. The van der Waals surface area contributed by atoms with Crippen LogP contribution in [0.5, 0.6) is 0 Å². The lowest BCUT2D eigenvalue weighted by atomic mass is 10.2. The molecule has 156 valence electrons. The van der Waals surface area contributed by atoms with Crippen LogP contribution in [0.1, 0.15) is 29.7 Å². The SMILES string of the molecule is O=C(NCCCC(=O)N(Cc1ccccc1)Cc1ccco1)OCc1ccccc1. The summed E-state index contributed by atoms with van der Waals surface area (Å²) in [7, 11) is 0. The average molecular weight is 406 g/mol. The van der Waals surface area contributed by atoms with Crippen LogP contribution in [0.15, 0.2) is 83.5 Å². The number of carbonyl (C=O) groups is 2. The fourth-order valence-corrected chi connectivity index (χ4v) is 2.99. The van der Waals surface area contributed by atoms with Crippen LogP contribution in [0.4, 0.5) is 4.79 Å². The van der Waals surface area contributed by atoms with Crippen molar-refractivity contribution in [1.82, 2.24) is 10.2 Å². The molecule has 1 heterocycles. The molecule has 0 unspecified atom stereocenters. The summed E-state index contributed by atoms with van der Waals surface area (Å²) in [6.07, 6.45) is 1.98. The lowest BCUT2D eigenvalue weighted by Crippen LogP contribution is -2.31. The van der Waals surface area contributed by atoms with E-state index < -0.39 is 6.09 Å². The van der Waals surface area contributed by atoms with Crippen molar-refractivity contribution in [3.63, 3.8) is 0 Å². The van der Waals surface area contributed by atoms with Gasteiger partial charge in [0.2, 0.25) is 5.91 Å². The minimum absolute atomic E-state index is 0.00899. The molecule has 1 N–H and O–H groups in total. The van der Waals surface area contributed by atoms with E-state index in [0.717, 1.165) is 16.9 Å². The predicted octanol–water partition coefficient (Wildman–Crippen LogP) is 4.52. The van der Waals surface area contributed by atoms with Crippen LogP contribution in [-0.4, -0.2) is 23.4 Å². The van der Waals surface area contributed by atoms with Gasteiger partial charge >= 0.3 is 6.09 Å². The molecule has 0 fully saturated rings. The minimum atomic E-state index is -0.483. The maximum atomic E-state index is 12.8. The average Bonchev–Trinajstić information content (AvgIpc) is 3.29. The summed E-state index contributed by atoms with van der Waals surface area (Å²) in [5.41, 5.74) is 1.98. The Bertz CT molecular complexity index is 895. The second-order valence-electron chi connectivity index (χ2n) is 6.91. The number of ether oxygens (including phenoxy) is 1. The first-order chi connectivity index (χ1) is 14.7. The van der Waals surface area contributed by atoms with Gasteiger partial charge in [-0.2, -0.15) is 0 Å². The number of hydrogen-bond acceptors (Lipinski definition) is 4. The van der Waals surface area contributed by atoms with Crippen LogP contribution in [-0.2, 0) is 29.2 Å². The van der Waals surface area contributed by atoms with E-state index in [4.69, 9.17) is 9.15 Å². The van der Waals surface area contributed by atoms with Gasteiger partial charge in [-0.15, -0.1) is 0 Å². The van der Waals surface area contributed by atoms with Crippen LogP contribution < -0.4 is 5.32 Å². The number of rotatable bonds is 10. The highest BCUT2D eigenvalue weighted by Gasteiger charge is 2.16. The van der Waals surface area contributed by atoms with E-state index in [1.54, 1.807) is 11.2 Å².